The molecule has 2 N–H and O–H groups in total. The molecule has 4 aromatic rings. The fourth-order valence-electron chi connectivity index (χ4n) is 3.58. The molecule has 0 bridgehead atoms. The van der Waals surface area contributed by atoms with Crippen LogP contribution in [0, 0.1) is 0 Å². The van der Waals surface area contributed by atoms with Crippen molar-refractivity contribution < 1.29 is 54.9 Å². The molecule has 0 aliphatic heterocycles. The molecule has 4 rings (SSSR count). The SMILES string of the molecule is CC(F)(c1c(C(=O)O)cnn1-c1ccccc1)C(F)(F)F.CC(F)(c1nn(-c2ccccc2)cc1C(=O)O)C(F)(F)F. The van der Waals surface area contributed by atoms with Gasteiger partial charge in [-0.25, -0.2) is 27.7 Å². The number of aromatic nitrogens is 4. The van der Waals surface area contributed by atoms with E-state index in [9.17, 15) is 44.7 Å². The number of nitrogens with zero attached hydrogens (tertiary/aromatic N) is 4. The summed E-state index contributed by atoms with van der Waals surface area (Å²) < 4.78 is 107. The van der Waals surface area contributed by atoms with Crippen molar-refractivity contribution in [1.82, 2.24) is 19.6 Å². The van der Waals surface area contributed by atoms with Crippen LogP contribution in [0.5, 0.6) is 0 Å². The molecule has 8 nitrogen and oxygen atoms in total. The van der Waals surface area contributed by atoms with Crippen LogP contribution in [0.15, 0.2) is 73.1 Å². The maximum atomic E-state index is 14.3. The number of carboxylic acids is 2. The van der Waals surface area contributed by atoms with E-state index in [1.165, 1.54) is 36.4 Å². The highest BCUT2D eigenvalue weighted by Crippen LogP contribution is 2.44. The monoisotopic (exact) mass is 604 g/mol. The number of aromatic carboxylic acids is 2. The van der Waals surface area contributed by atoms with Gasteiger partial charge in [0.2, 0.25) is 11.3 Å². The van der Waals surface area contributed by atoms with E-state index in [0.717, 1.165) is 10.9 Å². The third-order valence-electron chi connectivity index (χ3n) is 5.92. The summed E-state index contributed by atoms with van der Waals surface area (Å²) in [5, 5.41) is 25.0. The normalized spacial score (nSPS) is 14.7. The van der Waals surface area contributed by atoms with Crippen LogP contribution >= 0.6 is 0 Å². The van der Waals surface area contributed by atoms with Crippen molar-refractivity contribution in [1.29, 1.82) is 0 Å². The molecule has 0 saturated heterocycles. The Morgan fingerprint density at radius 3 is 1.57 bits per heavy atom. The third-order valence-corrected chi connectivity index (χ3v) is 5.92. The molecule has 224 valence electrons. The Hall–Kier alpha value is -4.76. The summed E-state index contributed by atoms with van der Waals surface area (Å²) in [6.07, 6.45) is -8.98. The molecule has 16 heteroatoms. The summed E-state index contributed by atoms with van der Waals surface area (Å²) in [5.74, 6) is -3.36. The van der Waals surface area contributed by atoms with E-state index in [1.807, 2.05) is 0 Å². The second kappa shape index (κ2) is 11.3. The molecule has 0 fully saturated rings. The number of halogens is 8. The third kappa shape index (κ3) is 6.11. The van der Waals surface area contributed by atoms with Gasteiger partial charge in [-0.1, -0.05) is 36.4 Å². The van der Waals surface area contributed by atoms with Crippen molar-refractivity contribution in [3.8, 4) is 11.4 Å². The van der Waals surface area contributed by atoms with Crippen molar-refractivity contribution in [3.05, 3.63) is 95.6 Å². The van der Waals surface area contributed by atoms with Gasteiger partial charge in [0.15, 0.2) is 0 Å². The zero-order valence-corrected chi connectivity index (χ0v) is 21.5. The number of para-hydroxylation sites is 2. The first-order valence-corrected chi connectivity index (χ1v) is 11.6. The molecule has 2 heterocycles. The van der Waals surface area contributed by atoms with E-state index in [0.29, 0.717) is 16.6 Å². The summed E-state index contributed by atoms with van der Waals surface area (Å²) in [5.41, 5.74) is -11.2. The summed E-state index contributed by atoms with van der Waals surface area (Å²) in [6.45, 7) is 0.521. The van der Waals surface area contributed by atoms with Crippen LogP contribution in [0.25, 0.3) is 11.4 Å². The van der Waals surface area contributed by atoms with Crippen molar-refractivity contribution in [3.63, 3.8) is 0 Å². The highest BCUT2D eigenvalue weighted by molar-refractivity contribution is 5.89. The molecule has 2 atom stereocenters. The molecular weight excluding hydrogens is 584 g/mol. The molecule has 0 radical (unpaired) electrons. The van der Waals surface area contributed by atoms with Crippen molar-refractivity contribution >= 4 is 11.9 Å². The van der Waals surface area contributed by atoms with Crippen LogP contribution in [0.1, 0.15) is 46.0 Å². The Labute approximate surface area is 231 Å². The highest BCUT2D eigenvalue weighted by atomic mass is 19.4. The predicted octanol–water partition coefficient (Wildman–Crippen LogP) is 6.64. The van der Waals surface area contributed by atoms with Crippen LogP contribution in [0.2, 0.25) is 0 Å². The molecule has 42 heavy (non-hydrogen) atoms. The highest BCUT2D eigenvalue weighted by Gasteiger charge is 2.58. The number of carboxylic acid groups (broad SMARTS) is 2. The average molecular weight is 604 g/mol. The molecular formula is C26H20F8N4O4. The van der Waals surface area contributed by atoms with Gasteiger partial charge in [0, 0.05) is 6.20 Å². The van der Waals surface area contributed by atoms with Crippen LogP contribution in [0.3, 0.4) is 0 Å². The number of alkyl halides is 8. The fraction of sp³-hybridized carbons (Fsp3) is 0.231. The second-order valence-electron chi connectivity index (χ2n) is 8.94. The summed E-state index contributed by atoms with van der Waals surface area (Å²) in [6, 6.07) is 15.3. The molecule has 2 aromatic carbocycles. The lowest BCUT2D eigenvalue weighted by Gasteiger charge is -2.25. The van der Waals surface area contributed by atoms with Gasteiger partial charge >= 0.3 is 24.3 Å². The Bertz CT molecular complexity index is 1550. The summed E-state index contributed by atoms with van der Waals surface area (Å²) >= 11 is 0. The van der Waals surface area contributed by atoms with E-state index in [4.69, 9.17) is 10.2 Å². The van der Waals surface area contributed by atoms with Gasteiger partial charge in [-0.2, -0.15) is 36.5 Å². The minimum absolute atomic E-state index is 0.133. The minimum atomic E-state index is -5.27. The van der Waals surface area contributed by atoms with Crippen LogP contribution in [0.4, 0.5) is 35.1 Å². The van der Waals surface area contributed by atoms with E-state index in [-0.39, 0.29) is 19.5 Å². The standard InChI is InChI=1S/2C13H10F4N2O2/c1-12(14,13(15,16)17)10-9(11(20)21)7-19(18-10)8-5-3-2-4-6-8;1-12(14,13(15,16)17)10-9(11(20)21)7-18-19(10)8-5-3-2-4-6-8/h2*2-7H,1H3,(H,20,21). The quantitative estimate of drug-likeness (QED) is 0.239. The first-order chi connectivity index (χ1) is 19.3. The van der Waals surface area contributed by atoms with E-state index < -0.39 is 58.1 Å². The lowest BCUT2D eigenvalue weighted by atomic mass is 9.99. The van der Waals surface area contributed by atoms with E-state index in [2.05, 4.69) is 10.2 Å². The number of carbonyl (C=O) groups is 2. The van der Waals surface area contributed by atoms with Crippen molar-refractivity contribution in [2.24, 2.45) is 0 Å². The Morgan fingerprint density at radius 1 is 0.690 bits per heavy atom. The topological polar surface area (TPSA) is 110 Å². The molecule has 0 amide bonds. The van der Waals surface area contributed by atoms with Crippen molar-refractivity contribution in [2.45, 2.75) is 37.5 Å². The maximum absolute atomic E-state index is 14.3. The van der Waals surface area contributed by atoms with Gasteiger partial charge in [-0.3, -0.25) is 0 Å². The Kier molecular flexibility index (Phi) is 8.51. The fourth-order valence-corrected chi connectivity index (χ4v) is 3.58. The van der Waals surface area contributed by atoms with Gasteiger partial charge in [0.05, 0.1) is 17.6 Å². The molecule has 2 unspecified atom stereocenters. The van der Waals surface area contributed by atoms with E-state index >= 15 is 0 Å². The molecule has 2 aromatic heterocycles. The van der Waals surface area contributed by atoms with E-state index in [1.54, 1.807) is 24.3 Å². The first-order valence-electron chi connectivity index (χ1n) is 11.6. The summed E-state index contributed by atoms with van der Waals surface area (Å²) in [7, 11) is 0. The molecule has 0 saturated carbocycles. The maximum Gasteiger partial charge on any atom is 0.428 e. The Balaban J connectivity index is 0.000000230. The minimum Gasteiger partial charge on any atom is -0.478 e. The molecule has 0 spiro atoms. The lowest BCUT2D eigenvalue weighted by molar-refractivity contribution is -0.230. The van der Waals surface area contributed by atoms with Gasteiger partial charge in [-0.15, -0.1) is 0 Å². The number of benzene rings is 2. The van der Waals surface area contributed by atoms with Crippen LogP contribution < -0.4 is 0 Å². The largest absolute Gasteiger partial charge is 0.478 e. The van der Waals surface area contributed by atoms with Gasteiger partial charge in [-0.05, 0) is 38.1 Å². The average Bonchev–Trinajstić information content (AvgIpc) is 3.55. The van der Waals surface area contributed by atoms with Gasteiger partial charge in [0.25, 0.3) is 0 Å². The van der Waals surface area contributed by atoms with Crippen molar-refractivity contribution in [2.75, 3.05) is 0 Å². The van der Waals surface area contributed by atoms with Gasteiger partial charge < -0.3 is 10.2 Å². The smallest absolute Gasteiger partial charge is 0.428 e. The molecule has 0 aliphatic rings. The number of hydrogen-bond acceptors (Lipinski definition) is 4. The lowest BCUT2D eigenvalue weighted by Crippen LogP contribution is -2.38. The van der Waals surface area contributed by atoms with Gasteiger partial charge in [0.1, 0.15) is 22.5 Å². The number of hydrogen-bond donors (Lipinski definition) is 2. The second-order valence-corrected chi connectivity index (χ2v) is 8.94. The zero-order chi connectivity index (χ0) is 31.7. The molecule has 0 aliphatic carbocycles. The number of rotatable bonds is 6. The van der Waals surface area contributed by atoms with Crippen LogP contribution in [-0.2, 0) is 11.3 Å². The first kappa shape index (κ1) is 31.8. The Morgan fingerprint density at radius 2 is 1.14 bits per heavy atom. The zero-order valence-electron chi connectivity index (χ0n) is 21.5. The predicted molar refractivity (Wildman–Crippen MR) is 130 cm³/mol. The summed E-state index contributed by atoms with van der Waals surface area (Å²) in [4.78, 5) is 22.1. The van der Waals surface area contributed by atoms with Crippen LogP contribution in [-0.4, -0.2) is 54.1 Å².